The third-order valence-corrected chi connectivity index (χ3v) is 5.28. The van der Waals surface area contributed by atoms with Crippen LogP contribution in [0.4, 0.5) is 0 Å². The van der Waals surface area contributed by atoms with E-state index in [9.17, 15) is 0 Å². The smallest absolute Gasteiger partial charge is 0.161 e. The molecule has 4 heteroatoms. The molecule has 0 amide bonds. The van der Waals surface area contributed by atoms with E-state index in [1.165, 1.54) is 24.8 Å². The molecule has 0 saturated heterocycles. The molecular weight excluding hydrogens is 330 g/mol. The fraction of sp³-hybridized carbons (Fsp3) is 0.647. The van der Waals surface area contributed by atoms with Gasteiger partial charge in [-0.2, -0.15) is 0 Å². The van der Waals surface area contributed by atoms with E-state index >= 15 is 0 Å². The van der Waals surface area contributed by atoms with Gasteiger partial charge in [0.25, 0.3) is 0 Å². The molecule has 0 aromatic heterocycles. The van der Waals surface area contributed by atoms with Crippen molar-refractivity contribution >= 4 is 15.9 Å². The van der Waals surface area contributed by atoms with Crippen molar-refractivity contribution in [3.8, 4) is 11.5 Å². The Morgan fingerprint density at radius 3 is 2.43 bits per heavy atom. The number of hydrogen-bond acceptors (Lipinski definition) is 3. The molecule has 1 aliphatic carbocycles. The highest BCUT2D eigenvalue weighted by Gasteiger charge is 2.25. The van der Waals surface area contributed by atoms with Crippen molar-refractivity contribution in [3.05, 3.63) is 22.2 Å². The second-order valence-corrected chi connectivity index (χ2v) is 7.04. The summed E-state index contributed by atoms with van der Waals surface area (Å²) in [6.45, 7) is 5.57. The van der Waals surface area contributed by atoms with Gasteiger partial charge in [0.2, 0.25) is 0 Å². The van der Waals surface area contributed by atoms with Crippen LogP contribution >= 0.6 is 15.9 Å². The molecule has 118 valence electrons. The van der Waals surface area contributed by atoms with Crippen LogP contribution in [0.1, 0.15) is 38.7 Å². The normalized spacial score (nSPS) is 25.7. The highest BCUT2D eigenvalue weighted by atomic mass is 79.9. The van der Waals surface area contributed by atoms with Crippen molar-refractivity contribution in [3.63, 3.8) is 0 Å². The SMILES string of the molecule is COc1cc(Br)c(CNC2CCC(C)CC2C)cc1OC. The molecule has 0 bridgehead atoms. The Bertz CT molecular complexity index is 478. The van der Waals surface area contributed by atoms with E-state index in [0.717, 1.165) is 34.4 Å². The topological polar surface area (TPSA) is 30.5 Å². The lowest BCUT2D eigenvalue weighted by Crippen LogP contribution is -2.38. The Morgan fingerprint density at radius 1 is 1.14 bits per heavy atom. The third kappa shape index (κ3) is 4.13. The van der Waals surface area contributed by atoms with E-state index in [-0.39, 0.29) is 0 Å². The van der Waals surface area contributed by atoms with Gasteiger partial charge in [-0.3, -0.25) is 0 Å². The van der Waals surface area contributed by atoms with Crippen molar-refractivity contribution in [1.29, 1.82) is 0 Å². The largest absolute Gasteiger partial charge is 0.493 e. The minimum Gasteiger partial charge on any atom is -0.493 e. The zero-order valence-corrected chi connectivity index (χ0v) is 15.0. The van der Waals surface area contributed by atoms with Crippen molar-refractivity contribution < 1.29 is 9.47 Å². The number of benzene rings is 1. The van der Waals surface area contributed by atoms with E-state index < -0.39 is 0 Å². The van der Waals surface area contributed by atoms with E-state index in [2.05, 4.69) is 35.1 Å². The molecule has 0 spiro atoms. The molecule has 3 atom stereocenters. The molecule has 0 heterocycles. The Kier molecular flexibility index (Phi) is 5.94. The highest BCUT2D eigenvalue weighted by molar-refractivity contribution is 9.10. The summed E-state index contributed by atoms with van der Waals surface area (Å²) in [6.07, 6.45) is 3.92. The average molecular weight is 356 g/mol. The zero-order valence-electron chi connectivity index (χ0n) is 13.4. The van der Waals surface area contributed by atoms with Crippen LogP contribution in [-0.2, 0) is 6.54 Å². The predicted octanol–water partition coefficient (Wildman–Crippen LogP) is 4.38. The minimum absolute atomic E-state index is 0.612. The Hall–Kier alpha value is -0.740. The Morgan fingerprint density at radius 2 is 1.81 bits per heavy atom. The monoisotopic (exact) mass is 355 g/mol. The maximum atomic E-state index is 5.39. The average Bonchev–Trinajstić information content (AvgIpc) is 2.47. The highest BCUT2D eigenvalue weighted by Crippen LogP contribution is 2.34. The number of hydrogen-bond donors (Lipinski definition) is 1. The second-order valence-electron chi connectivity index (χ2n) is 6.18. The zero-order chi connectivity index (χ0) is 15.4. The molecular formula is C17H26BrNO2. The summed E-state index contributed by atoms with van der Waals surface area (Å²) in [6, 6.07) is 4.63. The summed E-state index contributed by atoms with van der Waals surface area (Å²) in [7, 11) is 3.33. The van der Waals surface area contributed by atoms with Gasteiger partial charge in [-0.05, 0) is 48.8 Å². The molecule has 2 rings (SSSR count). The van der Waals surface area contributed by atoms with Gasteiger partial charge in [-0.15, -0.1) is 0 Å². The summed E-state index contributed by atoms with van der Waals surface area (Å²) >= 11 is 3.63. The van der Waals surface area contributed by atoms with E-state index in [0.29, 0.717) is 6.04 Å². The number of methoxy groups -OCH3 is 2. The van der Waals surface area contributed by atoms with Crippen molar-refractivity contribution in [2.45, 2.75) is 45.7 Å². The van der Waals surface area contributed by atoms with Crippen LogP contribution in [-0.4, -0.2) is 20.3 Å². The number of halogens is 1. The molecule has 1 aromatic carbocycles. The van der Waals surface area contributed by atoms with Crippen LogP contribution in [0.2, 0.25) is 0 Å². The lowest BCUT2D eigenvalue weighted by atomic mass is 9.80. The standard InChI is InChI=1S/C17H26BrNO2/c1-11-5-6-15(12(2)7-11)19-10-13-8-16(20-3)17(21-4)9-14(13)18/h8-9,11-12,15,19H,5-7,10H2,1-4H3. The van der Waals surface area contributed by atoms with Gasteiger partial charge in [-0.1, -0.05) is 29.8 Å². The third-order valence-electron chi connectivity index (χ3n) is 4.54. The van der Waals surface area contributed by atoms with Crippen LogP contribution in [0, 0.1) is 11.8 Å². The fourth-order valence-corrected chi connectivity index (χ4v) is 3.70. The number of nitrogens with one attached hydrogen (secondary N) is 1. The quantitative estimate of drug-likeness (QED) is 0.849. The van der Waals surface area contributed by atoms with E-state index in [4.69, 9.17) is 9.47 Å². The Labute approximate surface area is 136 Å². The van der Waals surface area contributed by atoms with E-state index in [1.54, 1.807) is 14.2 Å². The fourth-order valence-electron chi connectivity index (χ4n) is 3.24. The number of rotatable bonds is 5. The molecule has 1 fully saturated rings. The molecule has 1 N–H and O–H groups in total. The summed E-state index contributed by atoms with van der Waals surface area (Å²) in [5.41, 5.74) is 1.21. The van der Waals surface area contributed by atoms with Gasteiger partial charge < -0.3 is 14.8 Å². The molecule has 1 saturated carbocycles. The first-order valence-corrected chi connectivity index (χ1v) is 8.48. The maximum Gasteiger partial charge on any atom is 0.161 e. The maximum absolute atomic E-state index is 5.39. The van der Waals surface area contributed by atoms with Gasteiger partial charge in [0, 0.05) is 17.1 Å². The van der Waals surface area contributed by atoms with Crippen LogP contribution in [0.15, 0.2) is 16.6 Å². The van der Waals surface area contributed by atoms with Gasteiger partial charge >= 0.3 is 0 Å². The lowest BCUT2D eigenvalue weighted by Gasteiger charge is -2.33. The van der Waals surface area contributed by atoms with Gasteiger partial charge in [0.05, 0.1) is 14.2 Å². The molecule has 21 heavy (non-hydrogen) atoms. The van der Waals surface area contributed by atoms with Crippen LogP contribution in [0.25, 0.3) is 0 Å². The molecule has 3 nitrogen and oxygen atoms in total. The summed E-state index contributed by atoms with van der Waals surface area (Å²) in [4.78, 5) is 0. The minimum atomic E-state index is 0.612. The lowest BCUT2D eigenvalue weighted by molar-refractivity contribution is 0.227. The van der Waals surface area contributed by atoms with Crippen LogP contribution in [0.3, 0.4) is 0 Å². The molecule has 1 aromatic rings. The molecule has 3 unspecified atom stereocenters. The van der Waals surface area contributed by atoms with Crippen molar-refractivity contribution in [2.24, 2.45) is 11.8 Å². The predicted molar refractivity (Wildman–Crippen MR) is 90.1 cm³/mol. The van der Waals surface area contributed by atoms with Gasteiger partial charge in [0.1, 0.15) is 0 Å². The van der Waals surface area contributed by atoms with Gasteiger partial charge in [0.15, 0.2) is 11.5 Å². The molecule has 1 aliphatic rings. The van der Waals surface area contributed by atoms with Crippen LogP contribution < -0.4 is 14.8 Å². The second kappa shape index (κ2) is 7.50. The van der Waals surface area contributed by atoms with Crippen LogP contribution in [0.5, 0.6) is 11.5 Å². The first kappa shape index (κ1) is 16.6. The van der Waals surface area contributed by atoms with E-state index in [1.807, 2.05) is 12.1 Å². The van der Waals surface area contributed by atoms with Crippen molar-refractivity contribution in [1.82, 2.24) is 5.32 Å². The number of ether oxygens (including phenoxy) is 2. The molecule has 0 radical (unpaired) electrons. The Balaban J connectivity index is 2.03. The summed E-state index contributed by atoms with van der Waals surface area (Å²) < 4.78 is 11.8. The first-order valence-electron chi connectivity index (χ1n) is 7.69. The van der Waals surface area contributed by atoms with Crippen molar-refractivity contribution in [2.75, 3.05) is 14.2 Å². The molecule has 0 aliphatic heterocycles. The summed E-state index contributed by atoms with van der Waals surface area (Å²) in [5, 5.41) is 3.71. The summed E-state index contributed by atoms with van der Waals surface area (Å²) in [5.74, 6) is 3.15. The van der Waals surface area contributed by atoms with Gasteiger partial charge in [-0.25, -0.2) is 0 Å². The first-order chi connectivity index (χ1) is 10.0.